The molecule has 0 spiro atoms. The fourth-order valence-electron chi connectivity index (χ4n) is 2.74. The Hall–Kier alpha value is -1.84. The van der Waals surface area contributed by atoms with E-state index >= 15 is 0 Å². The zero-order valence-corrected chi connectivity index (χ0v) is 9.40. The summed E-state index contributed by atoms with van der Waals surface area (Å²) in [6.07, 6.45) is 3.10. The maximum Gasteiger partial charge on any atom is 0.322 e. The van der Waals surface area contributed by atoms with Crippen molar-refractivity contribution >= 4 is 11.9 Å². The Balaban J connectivity index is 2.08. The molecule has 3 rings (SSSR count). The fraction of sp³-hybridized carbons (Fsp3) is 0.385. The van der Waals surface area contributed by atoms with Crippen molar-refractivity contribution in [3.63, 3.8) is 0 Å². The maximum atomic E-state index is 12.1. The molecule has 2 fully saturated rings. The lowest BCUT2D eigenvalue weighted by molar-refractivity contribution is -0.127. The van der Waals surface area contributed by atoms with Crippen molar-refractivity contribution in [1.29, 1.82) is 0 Å². The van der Waals surface area contributed by atoms with E-state index in [2.05, 4.69) is 10.6 Å². The van der Waals surface area contributed by atoms with Crippen molar-refractivity contribution in [2.24, 2.45) is 5.92 Å². The normalized spacial score (nSPS) is 28.5. The Morgan fingerprint density at radius 2 is 1.82 bits per heavy atom. The summed E-state index contributed by atoms with van der Waals surface area (Å²) in [6, 6.07) is 9.13. The van der Waals surface area contributed by atoms with Crippen molar-refractivity contribution in [3.05, 3.63) is 35.9 Å². The molecule has 1 saturated heterocycles. The first-order valence-electron chi connectivity index (χ1n) is 5.92. The van der Waals surface area contributed by atoms with Gasteiger partial charge in [-0.25, -0.2) is 4.79 Å². The van der Waals surface area contributed by atoms with Crippen LogP contribution in [0, 0.1) is 5.92 Å². The van der Waals surface area contributed by atoms with Crippen LogP contribution in [0.3, 0.4) is 0 Å². The number of imide groups is 1. The standard InChI is InChI=1S/C13H14N2O2/c16-11-13(10-7-4-8-10,15-12(17)14-11)9-5-2-1-3-6-9/h1-3,5-6,10H,4,7-8H2,(H2,14,15,16,17)/t13-/m0/s1. The van der Waals surface area contributed by atoms with Crippen LogP contribution in [-0.2, 0) is 10.3 Å². The first-order valence-corrected chi connectivity index (χ1v) is 5.92. The number of carbonyl (C=O) groups is 2. The molecule has 0 aromatic heterocycles. The van der Waals surface area contributed by atoms with Crippen LogP contribution in [0.15, 0.2) is 30.3 Å². The molecule has 1 aliphatic carbocycles. The van der Waals surface area contributed by atoms with Gasteiger partial charge in [0.15, 0.2) is 0 Å². The summed E-state index contributed by atoms with van der Waals surface area (Å²) in [5, 5.41) is 5.20. The van der Waals surface area contributed by atoms with Crippen LogP contribution in [0.25, 0.3) is 0 Å². The molecule has 1 aromatic rings. The molecule has 0 bridgehead atoms. The van der Waals surface area contributed by atoms with Gasteiger partial charge in [-0.15, -0.1) is 0 Å². The van der Waals surface area contributed by atoms with E-state index in [1.165, 1.54) is 0 Å². The Morgan fingerprint density at radius 3 is 2.29 bits per heavy atom. The SMILES string of the molecule is O=C1NC(=O)[C@](c2ccccc2)(C2CCC2)N1. The second-order valence-corrected chi connectivity index (χ2v) is 4.71. The first kappa shape index (κ1) is 10.3. The molecule has 88 valence electrons. The van der Waals surface area contributed by atoms with Gasteiger partial charge in [-0.05, 0) is 24.3 Å². The van der Waals surface area contributed by atoms with Gasteiger partial charge in [0.05, 0.1) is 0 Å². The molecule has 1 aliphatic heterocycles. The lowest BCUT2D eigenvalue weighted by Gasteiger charge is -2.40. The summed E-state index contributed by atoms with van der Waals surface area (Å²) >= 11 is 0. The first-order chi connectivity index (χ1) is 8.23. The van der Waals surface area contributed by atoms with Crippen LogP contribution in [0.4, 0.5) is 4.79 Å². The Morgan fingerprint density at radius 1 is 1.12 bits per heavy atom. The number of hydrogen-bond acceptors (Lipinski definition) is 2. The molecular formula is C13H14N2O2. The third-order valence-corrected chi connectivity index (χ3v) is 3.84. The van der Waals surface area contributed by atoms with Crippen LogP contribution in [0.1, 0.15) is 24.8 Å². The van der Waals surface area contributed by atoms with Gasteiger partial charge in [0.25, 0.3) is 5.91 Å². The van der Waals surface area contributed by atoms with E-state index in [9.17, 15) is 9.59 Å². The quantitative estimate of drug-likeness (QED) is 0.757. The fourth-order valence-corrected chi connectivity index (χ4v) is 2.74. The molecule has 4 heteroatoms. The average Bonchev–Trinajstić information content (AvgIpc) is 2.54. The summed E-state index contributed by atoms with van der Waals surface area (Å²) in [4.78, 5) is 23.6. The van der Waals surface area contributed by atoms with E-state index in [0.717, 1.165) is 24.8 Å². The van der Waals surface area contributed by atoms with Crippen LogP contribution in [-0.4, -0.2) is 11.9 Å². The Labute approximate surface area is 99.4 Å². The van der Waals surface area contributed by atoms with Gasteiger partial charge < -0.3 is 5.32 Å². The van der Waals surface area contributed by atoms with E-state index < -0.39 is 5.54 Å². The van der Waals surface area contributed by atoms with Crippen molar-refractivity contribution in [2.75, 3.05) is 0 Å². The number of benzene rings is 1. The topological polar surface area (TPSA) is 58.2 Å². The van der Waals surface area contributed by atoms with Crippen LogP contribution >= 0.6 is 0 Å². The second-order valence-electron chi connectivity index (χ2n) is 4.71. The lowest BCUT2D eigenvalue weighted by Crippen LogP contribution is -2.52. The van der Waals surface area contributed by atoms with Crippen molar-refractivity contribution in [3.8, 4) is 0 Å². The molecule has 2 aliphatic rings. The minimum absolute atomic E-state index is 0.210. The smallest absolute Gasteiger partial charge is 0.319 e. The highest BCUT2D eigenvalue weighted by Crippen LogP contribution is 2.44. The maximum absolute atomic E-state index is 12.1. The number of rotatable bonds is 2. The monoisotopic (exact) mass is 230 g/mol. The molecular weight excluding hydrogens is 216 g/mol. The number of urea groups is 1. The Bertz CT molecular complexity index is 468. The number of hydrogen-bond donors (Lipinski definition) is 2. The van der Waals surface area contributed by atoms with Gasteiger partial charge >= 0.3 is 6.03 Å². The highest BCUT2D eigenvalue weighted by Gasteiger charge is 2.54. The third-order valence-electron chi connectivity index (χ3n) is 3.84. The van der Waals surface area contributed by atoms with Gasteiger partial charge in [0.2, 0.25) is 0 Å². The van der Waals surface area contributed by atoms with E-state index in [1.54, 1.807) is 0 Å². The van der Waals surface area contributed by atoms with Crippen molar-refractivity contribution in [1.82, 2.24) is 10.6 Å². The molecule has 4 nitrogen and oxygen atoms in total. The molecule has 3 amide bonds. The zero-order valence-electron chi connectivity index (χ0n) is 9.40. The van der Waals surface area contributed by atoms with Gasteiger partial charge in [-0.2, -0.15) is 0 Å². The summed E-state index contributed by atoms with van der Waals surface area (Å²) in [7, 11) is 0. The molecule has 2 N–H and O–H groups in total. The van der Waals surface area contributed by atoms with E-state index in [1.807, 2.05) is 30.3 Å². The Kier molecular flexibility index (Phi) is 2.18. The minimum atomic E-state index is -0.837. The zero-order chi connectivity index (χ0) is 11.9. The van der Waals surface area contributed by atoms with E-state index in [0.29, 0.717) is 0 Å². The van der Waals surface area contributed by atoms with Crippen molar-refractivity contribution < 1.29 is 9.59 Å². The predicted molar refractivity (Wildman–Crippen MR) is 62.1 cm³/mol. The van der Waals surface area contributed by atoms with Gasteiger partial charge in [-0.1, -0.05) is 36.8 Å². The highest BCUT2D eigenvalue weighted by atomic mass is 16.2. The van der Waals surface area contributed by atoms with Gasteiger partial charge in [-0.3, -0.25) is 10.1 Å². The minimum Gasteiger partial charge on any atom is -0.319 e. The average molecular weight is 230 g/mol. The summed E-state index contributed by atoms with van der Waals surface area (Å²) in [6.45, 7) is 0. The van der Waals surface area contributed by atoms with Crippen LogP contribution in [0.5, 0.6) is 0 Å². The lowest BCUT2D eigenvalue weighted by atomic mass is 9.67. The summed E-state index contributed by atoms with van der Waals surface area (Å²) in [5.74, 6) is 0.00903. The third kappa shape index (κ3) is 1.37. The van der Waals surface area contributed by atoms with Crippen LogP contribution in [0.2, 0.25) is 0 Å². The molecule has 0 radical (unpaired) electrons. The summed E-state index contributed by atoms with van der Waals surface area (Å²) < 4.78 is 0. The molecule has 1 atom stereocenters. The van der Waals surface area contributed by atoms with E-state index in [-0.39, 0.29) is 17.9 Å². The number of amides is 3. The van der Waals surface area contributed by atoms with Crippen LogP contribution < -0.4 is 10.6 Å². The summed E-state index contributed by atoms with van der Waals surface area (Å²) in [5.41, 5.74) is 0.0457. The van der Waals surface area contributed by atoms with Crippen molar-refractivity contribution in [2.45, 2.75) is 24.8 Å². The van der Waals surface area contributed by atoms with E-state index in [4.69, 9.17) is 0 Å². The largest absolute Gasteiger partial charge is 0.322 e. The van der Waals surface area contributed by atoms with Gasteiger partial charge in [0.1, 0.15) is 5.54 Å². The number of nitrogens with one attached hydrogen (secondary N) is 2. The highest BCUT2D eigenvalue weighted by molar-refractivity contribution is 6.07. The predicted octanol–water partition coefficient (Wildman–Crippen LogP) is 1.52. The molecule has 1 saturated carbocycles. The molecule has 0 unspecified atom stereocenters. The molecule has 1 aromatic carbocycles. The van der Waals surface area contributed by atoms with Gasteiger partial charge in [0, 0.05) is 0 Å². The molecule has 1 heterocycles. The number of carbonyl (C=O) groups excluding carboxylic acids is 2. The second kappa shape index (κ2) is 3.58. The molecule has 17 heavy (non-hydrogen) atoms.